The van der Waals surface area contributed by atoms with Crippen molar-refractivity contribution in [1.29, 1.82) is 0 Å². The molecule has 2 aliphatic rings. The van der Waals surface area contributed by atoms with Gasteiger partial charge in [0.2, 0.25) is 0 Å². The zero-order valence-corrected chi connectivity index (χ0v) is 19.0. The van der Waals surface area contributed by atoms with Crippen LogP contribution in [0.4, 0.5) is 10.6 Å². The van der Waals surface area contributed by atoms with Crippen molar-refractivity contribution < 1.29 is 14.6 Å². The third-order valence-electron chi connectivity index (χ3n) is 6.30. The lowest BCUT2D eigenvalue weighted by atomic mass is 10.1. The summed E-state index contributed by atoms with van der Waals surface area (Å²) in [6, 6.07) is 7.83. The van der Waals surface area contributed by atoms with Crippen molar-refractivity contribution in [2.45, 2.75) is 6.42 Å². The van der Waals surface area contributed by atoms with Crippen LogP contribution in [0.5, 0.6) is 0 Å². The largest absolute Gasteiger partial charge is 0.465 e. The molecule has 1 N–H and O–H groups in total. The Morgan fingerprint density at radius 1 is 1.06 bits per heavy atom. The van der Waals surface area contributed by atoms with E-state index in [-0.39, 0.29) is 0 Å². The molecule has 0 bridgehead atoms. The number of carbonyl (C=O) groups is 1. The zero-order valence-electron chi connectivity index (χ0n) is 19.0. The van der Waals surface area contributed by atoms with E-state index in [1.807, 2.05) is 39.5 Å². The number of amides is 1. The highest BCUT2D eigenvalue weighted by Crippen LogP contribution is 2.26. The molecule has 0 spiro atoms. The maximum Gasteiger partial charge on any atom is 0.407 e. The molecule has 6 rings (SSSR count). The van der Waals surface area contributed by atoms with Crippen molar-refractivity contribution in [3.63, 3.8) is 0 Å². The Kier molecular flexibility index (Phi) is 5.38. The van der Waals surface area contributed by atoms with E-state index < -0.39 is 6.09 Å². The van der Waals surface area contributed by atoms with E-state index in [9.17, 15) is 9.90 Å². The fraction of sp³-hybridized carbons (Fsp3) is 0.292. The van der Waals surface area contributed by atoms with Gasteiger partial charge in [-0.15, -0.1) is 0 Å². The van der Waals surface area contributed by atoms with Gasteiger partial charge in [0.05, 0.1) is 31.1 Å². The van der Waals surface area contributed by atoms with Crippen LogP contribution in [0, 0.1) is 0 Å². The molecule has 0 aliphatic carbocycles. The van der Waals surface area contributed by atoms with Crippen molar-refractivity contribution in [3.05, 3.63) is 61.0 Å². The van der Waals surface area contributed by atoms with Gasteiger partial charge in [0.15, 0.2) is 5.65 Å². The Hall–Kier alpha value is -4.25. The summed E-state index contributed by atoms with van der Waals surface area (Å²) in [5, 5.41) is 14.2. The lowest BCUT2D eigenvalue weighted by Gasteiger charge is -2.29. The third-order valence-corrected chi connectivity index (χ3v) is 6.30. The van der Waals surface area contributed by atoms with Crippen molar-refractivity contribution in [1.82, 2.24) is 34.0 Å². The van der Waals surface area contributed by atoms with Crippen molar-refractivity contribution in [2.75, 3.05) is 44.3 Å². The van der Waals surface area contributed by atoms with E-state index in [4.69, 9.17) is 14.8 Å². The number of fused-ring (bicyclic) bond motifs is 1. The first-order chi connectivity index (χ1) is 17.2. The number of anilines is 1. The Morgan fingerprint density at radius 2 is 1.89 bits per heavy atom. The zero-order chi connectivity index (χ0) is 23.8. The molecule has 0 saturated carbocycles. The fourth-order valence-electron chi connectivity index (χ4n) is 4.47. The SMILES string of the molecule is O=C(O)N1CCC=C(c2cn(-c3cc(N4CCOCC4)n4nc(-c5ccncc5)cc4n3)cn2)C1. The van der Waals surface area contributed by atoms with E-state index in [2.05, 4.69) is 20.9 Å². The Bertz CT molecular complexity index is 1400. The highest BCUT2D eigenvalue weighted by Gasteiger charge is 2.21. The molecule has 6 heterocycles. The van der Waals surface area contributed by atoms with Gasteiger partial charge in [0.1, 0.15) is 18.0 Å². The lowest BCUT2D eigenvalue weighted by molar-refractivity contribution is 0.122. The minimum absolute atomic E-state index is 0.329. The summed E-state index contributed by atoms with van der Waals surface area (Å²) in [6.07, 6.45) is 8.94. The summed E-state index contributed by atoms with van der Waals surface area (Å²) >= 11 is 0. The predicted molar refractivity (Wildman–Crippen MR) is 129 cm³/mol. The van der Waals surface area contributed by atoms with Crippen molar-refractivity contribution in [3.8, 4) is 17.1 Å². The van der Waals surface area contributed by atoms with Crippen LogP contribution < -0.4 is 4.90 Å². The summed E-state index contributed by atoms with van der Waals surface area (Å²) in [5.74, 6) is 1.64. The van der Waals surface area contributed by atoms with E-state index in [1.165, 1.54) is 4.90 Å². The summed E-state index contributed by atoms with van der Waals surface area (Å²) in [6.45, 7) is 3.66. The molecule has 4 aromatic rings. The smallest absolute Gasteiger partial charge is 0.407 e. The normalized spacial score (nSPS) is 16.5. The number of pyridine rings is 1. The van der Waals surface area contributed by atoms with Crippen LogP contribution in [-0.2, 0) is 4.74 Å². The number of imidazole rings is 1. The minimum atomic E-state index is -0.914. The fourth-order valence-corrected chi connectivity index (χ4v) is 4.47. The van der Waals surface area contributed by atoms with Gasteiger partial charge in [-0.05, 0) is 24.1 Å². The number of aromatic nitrogens is 6. The average Bonchev–Trinajstić information content (AvgIpc) is 3.57. The van der Waals surface area contributed by atoms with Crippen molar-refractivity contribution >= 4 is 23.1 Å². The number of morpholine rings is 1. The van der Waals surface area contributed by atoms with Crippen LogP contribution in [0.2, 0.25) is 0 Å². The maximum absolute atomic E-state index is 11.4. The first-order valence-electron chi connectivity index (χ1n) is 11.5. The summed E-state index contributed by atoms with van der Waals surface area (Å²) in [5.41, 5.74) is 4.16. The van der Waals surface area contributed by atoms with E-state index in [0.717, 1.165) is 47.1 Å². The van der Waals surface area contributed by atoms with E-state index in [0.29, 0.717) is 38.5 Å². The van der Waals surface area contributed by atoms with Crippen LogP contribution in [0.15, 0.2) is 55.3 Å². The van der Waals surface area contributed by atoms with Gasteiger partial charge in [-0.25, -0.2) is 14.8 Å². The standard InChI is InChI=1S/C24H24N8O3/c33-24(34)30-7-1-2-18(14-30)20-15-31(16-26-20)21-13-23(29-8-10-35-11-9-29)32-22(27-21)12-19(28-32)17-3-5-25-6-4-17/h2-6,12-13,15-16H,1,7-11,14H2,(H,33,34). The number of hydrogen-bond acceptors (Lipinski definition) is 7. The molecule has 11 nitrogen and oxygen atoms in total. The molecule has 2 aliphatic heterocycles. The Morgan fingerprint density at radius 3 is 2.69 bits per heavy atom. The van der Waals surface area contributed by atoms with Gasteiger partial charge < -0.3 is 19.6 Å². The number of ether oxygens (including phenoxy) is 1. The highest BCUT2D eigenvalue weighted by atomic mass is 16.5. The van der Waals surface area contributed by atoms with Gasteiger partial charge in [0, 0.05) is 55.9 Å². The lowest BCUT2D eigenvalue weighted by Crippen LogP contribution is -2.37. The molecule has 1 fully saturated rings. The van der Waals surface area contributed by atoms with E-state index >= 15 is 0 Å². The van der Waals surface area contributed by atoms with Gasteiger partial charge in [0.25, 0.3) is 0 Å². The van der Waals surface area contributed by atoms with Crippen LogP contribution in [0.1, 0.15) is 12.1 Å². The molecule has 4 aromatic heterocycles. The maximum atomic E-state index is 11.4. The average molecular weight is 473 g/mol. The quantitative estimate of drug-likeness (QED) is 0.482. The monoisotopic (exact) mass is 472 g/mol. The van der Waals surface area contributed by atoms with Gasteiger partial charge in [-0.2, -0.15) is 9.61 Å². The van der Waals surface area contributed by atoms with Crippen LogP contribution >= 0.6 is 0 Å². The van der Waals surface area contributed by atoms with Gasteiger partial charge in [-0.1, -0.05) is 6.08 Å². The first-order valence-corrected chi connectivity index (χ1v) is 11.5. The van der Waals surface area contributed by atoms with Gasteiger partial charge in [-0.3, -0.25) is 9.55 Å². The van der Waals surface area contributed by atoms with Gasteiger partial charge >= 0.3 is 6.09 Å². The molecule has 1 saturated heterocycles. The molecular weight excluding hydrogens is 448 g/mol. The van der Waals surface area contributed by atoms with E-state index in [1.54, 1.807) is 18.7 Å². The molecule has 35 heavy (non-hydrogen) atoms. The third kappa shape index (κ3) is 4.10. The molecule has 0 radical (unpaired) electrons. The second kappa shape index (κ2) is 8.84. The molecule has 11 heteroatoms. The number of rotatable bonds is 4. The number of hydrogen-bond donors (Lipinski definition) is 1. The number of carboxylic acid groups (broad SMARTS) is 1. The van der Waals surface area contributed by atoms with Crippen LogP contribution in [0.3, 0.4) is 0 Å². The topological polar surface area (TPSA) is 114 Å². The molecule has 0 aromatic carbocycles. The first kappa shape index (κ1) is 21.3. The summed E-state index contributed by atoms with van der Waals surface area (Å²) in [7, 11) is 0. The minimum Gasteiger partial charge on any atom is -0.465 e. The summed E-state index contributed by atoms with van der Waals surface area (Å²) < 4.78 is 9.30. The highest BCUT2D eigenvalue weighted by molar-refractivity contribution is 5.73. The van der Waals surface area contributed by atoms with Crippen LogP contribution in [-0.4, -0.2) is 84.6 Å². The molecule has 178 valence electrons. The molecule has 1 amide bonds. The number of nitrogens with zero attached hydrogens (tertiary/aromatic N) is 8. The van der Waals surface area contributed by atoms with Crippen LogP contribution in [0.25, 0.3) is 28.3 Å². The second-order valence-electron chi connectivity index (χ2n) is 8.50. The second-order valence-corrected chi connectivity index (χ2v) is 8.50. The predicted octanol–water partition coefficient (Wildman–Crippen LogP) is 2.58. The Balaban J connectivity index is 1.40. The van der Waals surface area contributed by atoms with Crippen molar-refractivity contribution in [2.24, 2.45) is 0 Å². The molecular formula is C24H24N8O3. The Labute approximate surface area is 200 Å². The summed E-state index contributed by atoms with van der Waals surface area (Å²) in [4.78, 5) is 28.6. The molecule has 0 unspecified atom stereocenters. The molecule has 0 atom stereocenters.